The highest BCUT2D eigenvalue weighted by molar-refractivity contribution is 14.1. The zero-order valence-corrected chi connectivity index (χ0v) is 17.7. The highest BCUT2D eigenvalue weighted by Crippen LogP contribution is 2.23. The molecule has 3 nitrogen and oxygen atoms in total. The smallest absolute Gasteiger partial charge is 0.118 e. The van der Waals surface area contributed by atoms with Crippen LogP contribution in [0.5, 0.6) is 5.75 Å². The number of benzene rings is 2. The van der Waals surface area contributed by atoms with Crippen molar-refractivity contribution < 1.29 is 4.74 Å². The first-order chi connectivity index (χ1) is 12.5. The Morgan fingerprint density at radius 1 is 1.04 bits per heavy atom. The minimum atomic E-state index is 0.663. The number of aryl methyl sites for hydroxylation is 2. The summed E-state index contributed by atoms with van der Waals surface area (Å²) in [5.74, 6) is 0.870. The van der Waals surface area contributed by atoms with Crippen LogP contribution < -0.4 is 4.74 Å². The van der Waals surface area contributed by atoms with E-state index in [1.807, 2.05) is 30.5 Å². The van der Waals surface area contributed by atoms with Gasteiger partial charge in [0.25, 0.3) is 0 Å². The van der Waals surface area contributed by atoms with Gasteiger partial charge in [0.05, 0.1) is 13.7 Å². The van der Waals surface area contributed by atoms with Crippen LogP contribution >= 0.6 is 22.6 Å². The van der Waals surface area contributed by atoms with Gasteiger partial charge in [0.1, 0.15) is 5.75 Å². The number of rotatable bonds is 5. The van der Waals surface area contributed by atoms with E-state index in [2.05, 4.69) is 77.2 Å². The summed E-state index contributed by atoms with van der Waals surface area (Å²) < 4.78 is 8.77. The van der Waals surface area contributed by atoms with Crippen LogP contribution in [0.2, 0.25) is 0 Å². The molecule has 2 aromatic carbocycles. The molecule has 0 radical (unpaired) electrons. The molecule has 134 valence electrons. The Balaban J connectivity index is 1.81. The number of hydrogen-bond acceptors (Lipinski definition) is 2. The molecule has 0 unspecified atom stereocenters. The maximum absolute atomic E-state index is 5.19. The van der Waals surface area contributed by atoms with Gasteiger partial charge in [-0.15, -0.1) is 0 Å². The van der Waals surface area contributed by atoms with Gasteiger partial charge in [-0.2, -0.15) is 0 Å². The molecule has 1 heterocycles. The van der Waals surface area contributed by atoms with Crippen LogP contribution in [0, 0.1) is 24.3 Å². The summed E-state index contributed by atoms with van der Waals surface area (Å²) in [6.45, 7) is 7.10. The number of nitrogens with zero attached hydrogens (tertiary/aromatic N) is 2. The van der Waals surface area contributed by atoms with Crippen molar-refractivity contribution in [1.29, 1.82) is 0 Å². The van der Waals surface area contributed by atoms with Crippen molar-refractivity contribution in [3.63, 3.8) is 0 Å². The van der Waals surface area contributed by atoms with E-state index in [1.54, 1.807) is 7.11 Å². The monoisotopic (exact) mass is 458 g/mol. The second-order valence-electron chi connectivity index (χ2n) is 6.41. The van der Waals surface area contributed by atoms with E-state index < -0.39 is 0 Å². The maximum atomic E-state index is 5.19. The first-order valence-corrected chi connectivity index (χ1v) is 9.65. The molecule has 0 N–H and O–H groups in total. The molecular formula is C22H23IN2O. The van der Waals surface area contributed by atoms with Gasteiger partial charge < -0.3 is 9.30 Å². The molecule has 1 aromatic heterocycles. The van der Waals surface area contributed by atoms with E-state index >= 15 is 0 Å². The molecule has 0 saturated carbocycles. The Morgan fingerprint density at radius 3 is 2.42 bits per heavy atom. The molecule has 0 aliphatic rings. The lowest BCUT2D eigenvalue weighted by Gasteiger charge is -2.11. The SMILES string of the molecule is COc1ccc(CN=Cc2cc(C)n(-c3ccc(I)c(C)c3)c2C)cc1. The van der Waals surface area contributed by atoms with Crippen LogP contribution in [-0.2, 0) is 6.54 Å². The summed E-state index contributed by atoms with van der Waals surface area (Å²) >= 11 is 2.37. The van der Waals surface area contributed by atoms with Crippen molar-refractivity contribution >= 4 is 28.8 Å². The van der Waals surface area contributed by atoms with Gasteiger partial charge in [-0.25, -0.2) is 0 Å². The number of methoxy groups -OCH3 is 1. The third kappa shape index (κ3) is 4.01. The Labute approximate surface area is 168 Å². The molecule has 0 amide bonds. The summed E-state index contributed by atoms with van der Waals surface area (Å²) in [5, 5.41) is 0. The van der Waals surface area contributed by atoms with Crippen molar-refractivity contribution in [2.75, 3.05) is 7.11 Å². The van der Waals surface area contributed by atoms with Gasteiger partial charge in [-0.05, 0) is 90.9 Å². The molecule has 0 atom stereocenters. The quantitative estimate of drug-likeness (QED) is 0.359. The molecule has 26 heavy (non-hydrogen) atoms. The topological polar surface area (TPSA) is 26.5 Å². The summed E-state index contributed by atoms with van der Waals surface area (Å²) in [6.07, 6.45) is 1.97. The minimum absolute atomic E-state index is 0.663. The molecular weight excluding hydrogens is 435 g/mol. The van der Waals surface area contributed by atoms with E-state index in [0.717, 1.165) is 11.3 Å². The number of aromatic nitrogens is 1. The van der Waals surface area contributed by atoms with Crippen LogP contribution in [0.1, 0.15) is 28.1 Å². The van der Waals surface area contributed by atoms with Gasteiger partial charge in [-0.1, -0.05) is 12.1 Å². The molecule has 0 saturated heterocycles. The van der Waals surface area contributed by atoms with E-state index in [0.29, 0.717) is 6.54 Å². The predicted molar refractivity (Wildman–Crippen MR) is 117 cm³/mol. The lowest BCUT2D eigenvalue weighted by atomic mass is 10.2. The standard InChI is InChI=1S/C22H23IN2O/c1-15-11-20(7-10-22(15)23)25-16(2)12-19(17(25)3)14-24-13-18-5-8-21(26-4)9-6-18/h5-12,14H,13H2,1-4H3. The van der Waals surface area contributed by atoms with Gasteiger partial charge in [-0.3, -0.25) is 4.99 Å². The minimum Gasteiger partial charge on any atom is -0.497 e. The number of ether oxygens (including phenoxy) is 1. The fraction of sp³-hybridized carbons (Fsp3) is 0.227. The summed E-state index contributed by atoms with van der Waals surface area (Å²) in [5.41, 5.74) is 7.25. The lowest BCUT2D eigenvalue weighted by molar-refractivity contribution is 0.414. The number of aliphatic imine (C=N–C) groups is 1. The first-order valence-electron chi connectivity index (χ1n) is 8.58. The summed E-state index contributed by atoms with van der Waals surface area (Å²) in [6, 6.07) is 16.8. The Kier molecular flexibility index (Phi) is 5.81. The third-order valence-corrected chi connectivity index (χ3v) is 5.74. The van der Waals surface area contributed by atoms with E-state index in [-0.39, 0.29) is 0 Å². The van der Waals surface area contributed by atoms with Gasteiger partial charge in [0.2, 0.25) is 0 Å². The molecule has 3 aromatic rings. The second-order valence-corrected chi connectivity index (χ2v) is 7.58. The predicted octanol–water partition coefficient (Wildman–Crippen LogP) is 5.63. The fourth-order valence-corrected chi connectivity index (χ4v) is 3.40. The Bertz CT molecular complexity index is 940. The van der Waals surface area contributed by atoms with Crippen LogP contribution in [0.25, 0.3) is 5.69 Å². The van der Waals surface area contributed by atoms with Crippen molar-refractivity contribution in [2.24, 2.45) is 4.99 Å². The fourth-order valence-electron chi connectivity index (χ4n) is 3.06. The molecule has 0 fully saturated rings. The second kappa shape index (κ2) is 8.08. The average molecular weight is 458 g/mol. The van der Waals surface area contributed by atoms with E-state index in [9.17, 15) is 0 Å². The van der Waals surface area contributed by atoms with E-state index in [1.165, 1.54) is 31.8 Å². The number of hydrogen-bond donors (Lipinski definition) is 0. The normalized spacial score (nSPS) is 11.3. The highest BCUT2D eigenvalue weighted by atomic mass is 127. The summed E-state index contributed by atoms with van der Waals surface area (Å²) in [4.78, 5) is 4.63. The zero-order valence-electron chi connectivity index (χ0n) is 15.6. The first kappa shape index (κ1) is 18.7. The Morgan fingerprint density at radius 2 is 1.77 bits per heavy atom. The maximum Gasteiger partial charge on any atom is 0.118 e. The highest BCUT2D eigenvalue weighted by Gasteiger charge is 2.10. The lowest BCUT2D eigenvalue weighted by Crippen LogP contribution is -2.00. The van der Waals surface area contributed by atoms with Crippen molar-refractivity contribution in [3.8, 4) is 11.4 Å². The van der Waals surface area contributed by atoms with Crippen molar-refractivity contribution in [3.05, 3.63) is 80.2 Å². The molecule has 0 bridgehead atoms. The van der Waals surface area contributed by atoms with Gasteiger partial charge in [0.15, 0.2) is 0 Å². The van der Waals surface area contributed by atoms with Crippen LogP contribution in [0.15, 0.2) is 53.5 Å². The van der Waals surface area contributed by atoms with Crippen molar-refractivity contribution in [1.82, 2.24) is 4.57 Å². The molecule has 0 spiro atoms. The van der Waals surface area contributed by atoms with Crippen LogP contribution in [0.3, 0.4) is 0 Å². The third-order valence-electron chi connectivity index (χ3n) is 4.53. The molecule has 0 aliphatic heterocycles. The largest absolute Gasteiger partial charge is 0.497 e. The van der Waals surface area contributed by atoms with Crippen LogP contribution in [0.4, 0.5) is 0 Å². The van der Waals surface area contributed by atoms with Gasteiger partial charge >= 0.3 is 0 Å². The Hall–Kier alpha value is -2.08. The van der Waals surface area contributed by atoms with Crippen LogP contribution in [-0.4, -0.2) is 17.9 Å². The van der Waals surface area contributed by atoms with Crippen molar-refractivity contribution in [2.45, 2.75) is 27.3 Å². The molecule has 0 aliphatic carbocycles. The molecule has 3 rings (SSSR count). The zero-order chi connectivity index (χ0) is 18.7. The summed E-state index contributed by atoms with van der Waals surface area (Å²) in [7, 11) is 1.68. The van der Waals surface area contributed by atoms with Gasteiger partial charge in [0, 0.05) is 32.4 Å². The average Bonchev–Trinajstić information content (AvgIpc) is 2.92. The van der Waals surface area contributed by atoms with E-state index in [4.69, 9.17) is 4.74 Å². The molecule has 4 heteroatoms. The number of halogens is 1.